The third-order valence-corrected chi connectivity index (χ3v) is 2.78. The molecular weight excluding hydrogens is 205 g/mol. The van der Waals surface area contributed by atoms with Crippen LogP contribution in [0.2, 0.25) is 0 Å². The Morgan fingerprint density at radius 2 is 2.00 bits per heavy atom. The summed E-state index contributed by atoms with van der Waals surface area (Å²) in [5.41, 5.74) is 8.82. The maximum atomic E-state index is 13.4. The molecular formula is C12H14FN3. The van der Waals surface area contributed by atoms with Crippen molar-refractivity contribution < 1.29 is 4.39 Å². The second kappa shape index (κ2) is 3.63. The van der Waals surface area contributed by atoms with E-state index in [9.17, 15) is 4.39 Å². The number of hydrogen-bond acceptors (Lipinski definition) is 2. The maximum Gasteiger partial charge on any atom is 0.126 e. The van der Waals surface area contributed by atoms with Gasteiger partial charge in [0, 0.05) is 18.2 Å². The number of aryl methyl sites for hydroxylation is 2. The van der Waals surface area contributed by atoms with E-state index >= 15 is 0 Å². The van der Waals surface area contributed by atoms with Gasteiger partial charge in [-0.2, -0.15) is 5.10 Å². The summed E-state index contributed by atoms with van der Waals surface area (Å²) in [6.07, 6.45) is 0. The van der Waals surface area contributed by atoms with Gasteiger partial charge in [-0.3, -0.25) is 4.68 Å². The molecule has 0 bridgehead atoms. The van der Waals surface area contributed by atoms with Crippen molar-refractivity contribution in [3.63, 3.8) is 0 Å². The molecule has 3 nitrogen and oxygen atoms in total. The van der Waals surface area contributed by atoms with Gasteiger partial charge in [0.15, 0.2) is 0 Å². The fraction of sp³-hybridized carbons (Fsp3) is 0.250. The Bertz CT molecular complexity index is 543. The Labute approximate surface area is 93.7 Å². The van der Waals surface area contributed by atoms with Gasteiger partial charge in [-0.1, -0.05) is 12.1 Å². The molecule has 0 saturated carbocycles. The third kappa shape index (κ3) is 1.56. The van der Waals surface area contributed by atoms with Crippen LogP contribution >= 0.6 is 0 Å². The molecule has 0 amide bonds. The SMILES string of the molecule is Cc1ccc(-c2nn(C)c(N)c2C)cc1F. The van der Waals surface area contributed by atoms with E-state index in [1.54, 1.807) is 24.7 Å². The molecule has 1 aromatic heterocycles. The molecule has 1 aromatic carbocycles. The Morgan fingerprint density at radius 1 is 1.31 bits per heavy atom. The van der Waals surface area contributed by atoms with Crippen molar-refractivity contribution in [3.05, 3.63) is 35.1 Å². The van der Waals surface area contributed by atoms with Crippen LogP contribution in [0.3, 0.4) is 0 Å². The number of rotatable bonds is 1. The largest absolute Gasteiger partial charge is 0.384 e. The molecule has 0 radical (unpaired) electrons. The van der Waals surface area contributed by atoms with Crippen molar-refractivity contribution in [1.29, 1.82) is 0 Å². The first-order valence-corrected chi connectivity index (χ1v) is 5.06. The van der Waals surface area contributed by atoms with Crippen molar-refractivity contribution in [1.82, 2.24) is 9.78 Å². The van der Waals surface area contributed by atoms with Crippen LogP contribution in [0.1, 0.15) is 11.1 Å². The van der Waals surface area contributed by atoms with Gasteiger partial charge >= 0.3 is 0 Å². The quantitative estimate of drug-likeness (QED) is 0.800. The molecule has 2 aromatic rings. The van der Waals surface area contributed by atoms with Gasteiger partial charge in [0.25, 0.3) is 0 Å². The first-order chi connectivity index (χ1) is 7.50. The third-order valence-electron chi connectivity index (χ3n) is 2.78. The first-order valence-electron chi connectivity index (χ1n) is 5.06. The van der Waals surface area contributed by atoms with E-state index in [4.69, 9.17) is 5.73 Å². The van der Waals surface area contributed by atoms with Crippen LogP contribution in [0.4, 0.5) is 10.2 Å². The summed E-state index contributed by atoms with van der Waals surface area (Å²) in [6.45, 7) is 3.62. The molecule has 0 fully saturated rings. The monoisotopic (exact) mass is 219 g/mol. The predicted molar refractivity (Wildman–Crippen MR) is 62.5 cm³/mol. The lowest BCUT2D eigenvalue weighted by Crippen LogP contribution is -1.97. The fourth-order valence-corrected chi connectivity index (χ4v) is 1.66. The van der Waals surface area contributed by atoms with E-state index < -0.39 is 0 Å². The molecule has 16 heavy (non-hydrogen) atoms. The lowest BCUT2D eigenvalue weighted by molar-refractivity contribution is 0.619. The number of anilines is 1. The molecule has 1 heterocycles. The Kier molecular flexibility index (Phi) is 2.42. The normalized spacial score (nSPS) is 10.8. The van der Waals surface area contributed by atoms with Crippen LogP contribution in [-0.4, -0.2) is 9.78 Å². The van der Waals surface area contributed by atoms with Crippen LogP contribution in [0.5, 0.6) is 0 Å². The summed E-state index contributed by atoms with van der Waals surface area (Å²) in [4.78, 5) is 0. The van der Waals surface area contributed by atoms with Gasteiger partial charge < -0.3 is 5.73 Å². The zero-order chi connectivity index (χ0) is 11.9. The summed E-state index contributed by atoms with van der Waals surface area (Å²) in [7, 11) is 1.77. The van der Waals surface area contributed by atoms with Crippen molar-refractivity contribution in [3.8, 4) is 11.3 Å². The van der Waals surface area contributed by atoms with E-state index in [0.29, 0.717) is 11.4 Å². The zero-order valence-electron chi connectivity index (χ0n) is 9.58. The molecule has 0 saturated heterocycles. The van der Waals surface area contributed by atoms with Crippen molar-refractivity contribution in [2.45, 2.75) is 13.8 Å². The summed E-state index contributed by atoms with van der Waals surface area (Å²) < 4.78 is 15.0. The van der Waals surface area contributed by atoms with Gasteiger partial charge in [0.2, 0.25) is 0 Å². The number of nitrogen functional groups attached to an aromatic ring is 1. The standard InChI is InChI=1S/C12H14FN3/c1-7-4-5-9(6-10(7)13)11-8(2)12(14)16(3)15-11/h4-6H,14H2,1-3H3. The summed E-state index contributed by atoms with van der Waals surface area (Å²) in [6, 6.07) is 5.09. The van der Waals surface area contributed by atoms with Gasteiger partial charge in [-0.05, 0) is 25.5 Å². The lowest BCUT2D eigenvalue weighted by atomic mass is 10.1. The second-order valence-electron chi connectivity index (χ2n) is 3.95. The average Bonchev–Trinajstić information content (AvgIpc) is 2.50. The van der Waals surface area contributed by atoms with Crippen molar-refractivity contribution in [2.75, 3.05) is 5.73 Å². The minimum Gasteiger partial charge on any atom is -0.384 e. The molecule has 0 aliphatic heterocycles. The molecule has 2 N–H and O–H groups in total. The summed E-state index contributed by atoms with van der Waals surface area (Å²) in [5, 5.41) is 4.28. The Morgan fingerprint density at radius 3 is 2.50 bits per heavy atom. The molecule has 0 aliphatic rings. The Hall–Kier alpha value is -1.84. The van der Waals surface area contributed by atoms with E-state index in [1.807, 2.05) is 13.0 Å². The van der Waals surface area contributed by atoms with Crippen LogP contribution in [0.15, 0.2) is 18.2 Å². The maximum absolute atomic E-state index is 13.4. The molecule has 0 unspecified atom stereocenters. The number of hydrogen-bond donors (Lipinski definition) is 1. The van der Waals surface area contributed by atoms with Gasteiger partial charge in [0.05, 0.1) is 5.69 Å². The highest BCUT2D eigenvalue weighted by molar-refractivity contribution is 5.68. The fourth-order valence-electron chi connectivity index (χ4n) is 1.66. The number of halogens is 1. The molecule has 0 atom stereocenters. The number of benzene rings is 1. The molecule has 0 spiro atoms. The highest BCUT2D eigenvalue weighted by atomic mass is 19.1. The van der Waals surface area contributed by atoms with E-state index in [-0.39, 0.29) is 5.82 Å². The number of nitrogens with zero attached hydrogens (tertiary/aromatic N) is 2. The van der Waals surface area contributed by atoms with E-state index in [1.165, 1.54) is 6.07 Å². The molecule has 2 rings (SSSR count). The predicted octanol–water partition coefficient (Wildman–Crippen LogP) is 2.43. The van der Waals surface area contributed by atoms with Crippen LogP contribution in [0.25, 0.3) is 11.3 Å². The van der Waals surface area contributed by atoms with E-state index in [2.05, 4.69) is 5.10 Å². The van der Waals surface area contributed by atoms with Crippen LogP contribution in [0, 0.1) is 19.7 Å². The highest BCUT2D eigenvalue weighted by Crippen LogP contribution is 2.26. The highest BCUT2D eigenvalue weighted by Gasteiger charge is 2.12. The lowest BCUT2D eigenvalue weighted by Gasteiger charge is -2.01. The number of aromatic nitrogens is 2. The second-order valence-corrected chi connectivity index (χ2v) is 3.95. The number of nitrogens with two attached hydrogens (primary N) is 1. The molecule has 0 aliphatic carbocycles. The van der Waals surface area contributed by atoms with Gasteiger partial charge in [0.1, 0.15) is 11.6 Å². The summed E-state index contributed by atoms with van der Waals surface area (Å²) >= 11 is 0. The molecule has 4 heteroatoms. The first kappa shape index (κ1) is 10.7. The zero-order valence-corrected chi connectivity index (χ0v) is 9.58. The smallest absolute Gasteiger partial charge is 0.126 e. The minimum absolute atomic E-state index is 0.221. The molecule has 84 valence electrons. The van der Waals surface area contributed by atoms with Gasteiger partial charge in [-0.25, -0.2) is 4.39 Å². The summed E-state index contributed by atoms with van der Waals surface area (Å²) in [5.74, 6) is 0.386. The van der Waals surface area contributed by atoms with Crippen LogP contribution in [-0.2, 0) is 7.05 Å². The minimum atomic E-state index is -0.221. The van der Waals surface area contributed by atoms with Gasteiger partial charge in [-0.15, -0.1) is 0 Å². The Balaban J connectivity index is 2.59. The average molecular weight is 219 g/mol. The van der Waals surface area contributed by atoms with Crippen molar-refractivity contribution >= 4 is 5.82 Å². The van der Waals surface area contributed by atoms with Crippen LogP contribution < -0.4 is 5.73 Å². The van der Waals surface area contributed by atoms with E-state index in [0.717, 1.165) is 16.8 Å². The topological polar surface area (TPSA) is 43.8 Å². The van der Waals surface area contributed by atoms with Crippen molar-refractivity contribution in [2.24, 2.45) is 7.05 Å².